The van der Waals surface area contributed by atoms with Crippen LogP contribution < -0.4 is 4.90 Å². The van der Waals surface area contributed by atoms with Crippen molar-refractivity contribution in [3.63, 3.8) is 0 Å². The number of aryl methyl sites for hydroxylation is 1. The Balaban J connectivity index is 1.41. The molecule has 2 unspecified atom stereocenters. The van der Waals surface area contributed by atoms with Crippen molar-refractivity contribution >= 4 is 29.3 Å². The van der Waals surface area contributed by atoms with Crippen molar-refractivity contribution in [1.29, 1.82) is 0 Å². The molecule has 1 fully saturated rings. The molecule has 3 heterocycles. The molecule has 0 saturated carbocycles. The van der Waals surface area contributed by atoms with Gasteiger partial charge in [0.25, 0.3) is 0 Å². The topological polar surface area (TPSA) is 63.5 Å². The Kier molecular flexibility index (Phi) is 5.10. The van der Waals surface area contributed by atoms with Gasteiger partial charge >= 0.3 is 0 Å². The lowest BCUT2D eigenvalue weighted by atomic mass is 10.2. The normalized spacial score (nSPS) is 22.2. The van der Waals surface area contributed by atoms with E-state index >= 15 is 0 Å². The number of benzene rings is 1. The number of aromatic nitrogens is 3. The number of carbonyl (C=O) groups is 1. The first-order chi connectivity index (χ1) is 13.0. The Bertz CT molecular complexity index is 812. The number of rotatable bonds is 4. The Morgan fingerprint density at radius 3 is 2.56 bits per heavy atom. The molecule has 2 aliphatic heterocycles. The van der Waals surface area contributed by atoms with Gasteiger partial charge in [-0.05, 0) is 32.9 Å². The van der Waals surface area contributed by atoms with Gasteiger partial charge in [-0.2, -0.15) is 0 Å². The SMILES string of the molecule is Cc1ccc(N2CCn3c(SCC(=O)N4CC(C)OC(C)C4)nnc32)cc1. The minimum Gasteiger partial charge on any atom is -0.372 e. The fourth-order valence-electron chi connectivity index (χ4n) is 3.65. The lowest BCUT2D eigenvalue weighted by molar-refractivity contribution is -0.140. The third-order valence-corrected chi connectivity index (χ3v) is 5.88. The predicted octanol–water partition coefficient (Wildman–Crippen LogP) is 2.47. The molecule has 1 saturated heterocycles. The van der Waals surface area contributed by atoms with Crippen LogP contribution in [0.5, 0.6) is 0 Å². The molecule has 0 bridgehead atoms. The van der Waals surface area contributed by atoms with Crippen LogP contribution in [0.3, 0.4) is 0 Å². The number of hydrogen-bond acceptors (Lipinski definition) is 6. The molecule has 144 valence electrons. The Hall–Kier alpha value is -2.06. The Morgan fingerprint density at radius 2 is 1.85 bits per heavy atom. The predicted molar refractivity (Wildman–Crippen MR) is 106 cm³/mol. The first kappa shape index (κ1) is 18.3. The van der Waals surface area contributed by atoms with Gasteiger partial charge in [0.05, 0.1) is 18.0 Å². The van der Waals surface area contributed by atoms with Crippen LogP contribution in [-0.2, 0) is 16.1 Å². The zero-order valence-electron chi connectivity index (χ0n) is 16.0. The van der Waals surface area contributed by atoms with Crippen LogP contribution in [0.15, 0.2) is 29.4 Å². The summed E-state index contributed by atoms with van der Waals surface area (Å²) in [5, 5.41) is 9.49. The first-order valence-electron chi connectivity index (χ1n) is 9.34. The Labute approximate surface area is 163 Å². The maximum Gasteiger partial charge on any atom is 0.233 e. The molecule has 7 nitrogen and oxygen atoms in total. The molecule has 2 atom stereocenters. The average Bonchev–Trinajstić information content (AvgIpc) is 3.22. The molecule has 2 aliphatic rings. The van der Waals surface area contributed by atoms with E-state index in [1.807, 2.05) is 18.7 Å². The van der Waals surface area contributed by atoms with E-state index in [1.54, 1.807) is 0 Å². The second-order valence-electron chi connectivity index (χ2n) is 7.27. The van der Waals surface area contributed by atoms with E-state index in [9.17, 15) is 4.79 Å². The second-order valence-corrected chi connectivity index (χ2v) is 8.21. The van der Waals surface area contributed by atoms with E-state index in [1.165, 1.54) is 17.3 Å². The third kappa shape index (κ3) is 3.82. The van der Waals surface area contributed by atoms with E-state index in [2.05, 4.69) is 50.9 Å². The highest BCUT2D eigenvalue weighted by Gasteiger charge is 2.28. The minimum atomic E-state index is 0.0862. The molecule has 0 aliphatic carbocycles. The van der Waals surface area contributed by atoms with E-state index in [0.717, 1.165) is 29.9 Å². The molecule has 1 aromatic heterocycles. The Morgan fingerprint density at radius 1 is 1.15 bits per heavy atom. The number of ether oxygens (including phenoxy) is 1. The summed E-state index contributed by atoms with van der Waals surface area (Å²) in [6, 6.07) is 8.42. The molecular formula is C19H25N5O2S. The van der Waals surface area contributed by atoms with Crippen LogP contribution in [0.25, 0.3) is 0 Å². The maximum atomic E-state index is 12.6. The quantitative estimate of drug-likeness (QED) is 0.751. The molecule has 0 spiro atoms. The molecule has 0 radical (unpaired) electrons. The molecule has 27 heavy (non-hydrogen) atoms. The van der Waals surface area contributed by atoms with Crippen molar-refractivity contribution in [2.75, 3.05) is 30.3 Å². The number of fused-ring (bicyclic) bond motifs is 1. The zero-order valence-corrected chi connectivity index (χ0v) is 16.8. The van der Waals surface area contributed by atoms with Crippen molar-refractivity contribution in [3.05, 3.63) is 29.8 Å². The zero-order chi connectivity index (χ0) is 19.0. The average molecular weight is 388 g/mol. The third-order valence-electron chi connectivity index (χ3n) is 4.93. The molecular weight excluding hydrogens is 362 g/mol. The van der Waals surface area contributed by atoms with Gasteiger partial charge in [-0.25, -0.2) is 0 Å². The number of morpholine rings is 1. The fraction of sp³-hybridized carbons (Fsp3) is 0.526. The molecule has 1 amide bonds. The fourth-order valence-corrected chi connectivity index (χ4v) is 4.51. The van der Waals surface area contributed by atoms with Gasteiger partial charge in [-0.15, -0.1) is 10.2 Å². The summed E-state index contributed by atoms with van der Waals surface area (Å²) in [7, 11) is 0. The summed E-state index contributed by atoms with van der Waals surface area (Å²) in [5.74, 6) is 1.36. The highest BCUT2D eigenvalue weighted by Crippen LogP contribution is 2.32. The molecule has 4 rings (SSSR count). The smallest absolute Gasteiger partial charge is 0.233 e. The monoisotopic (exact) mass is 387 g/mol. The second kappa shape index (κ2) is 7.52. The highest BCUT2D eigenvalue weighted by molar-refractivity contribution is 7.99. The van der Waals surface area contributed by atoms with Crippen molar-refractivity contribution in [3.8, 4) is 0 Å². The van der Waals surface area contributed by atoms with E-state index < -0.39 is 0 Å². The van der Waals surface area contributed by atoms with Crippen molar-refractivity contribution in [2.45, 2.75) is 44.7 Å². The molecule has 1 aromatic carbocycles. The van der Waals surface area contributed by atoms with Gasteiger partial charge < -0.3 is 14.5 Å². The van der Waals surface area contributed by atoms with Crippen LogP contribution in [0.4, 0.5) is 11.6 Å². The summed E-state index contributed by atoms with van der Waals surface area (Å²) >= 11 is 1.47. The molecule has 8 heteroatoms. The lowest BCUT2D eigenvalue weighted by Crippen LogP contribution is -2.48. The number of anilines is 2. The van der Waals surface area contributed by atoms with E-state index in [4.69, 9.17) is 4.74 Å². The number of thioether (sulfide) groups is 1. The summed E-state index contributed by atoms with van der Waals surface area (Å²) in [5.41, 5.74) is 2.36. The lowest BCUT2D eigenvalue weighted by Gasteiger charge is -2.35. The largest absolute Gasteiger partial charge is 0.372 e. The summed E-state index contributed by atoms with van der Waals surface area (Å²) in [6.07, 6.45) is 0.172. The summed E-state index contributed by atoms with van der Waals surface area (Å²) in [6.45, 7) is 9.11. The van der Waals surface area contributed by atoms with Gasteiger partial charge in [0.2, 0.25) is 11.9 Å². The first-order valence-corrected chi connectivity index (χ1v) is 10.3. The van der Waals surface area contributed by atoms with Crippen LogP contribution in [0.2, 0.25) is 0 Å². The van der Waals surface area contributed by atoms with Gasteiger partial charge in [-0.3, -0.25) is 9.36 Å². The minimum absolute atomic E-state index is 0.0862. The van der Waals surface area contributed by atoms with Gasteiger partial charge in [0.15, 0.2) is 5.16 Å². The number of amides is 1. The van der Waals surface area contributed by atoms with Crippen LogP contribution in [-0.4, -0.2) is 63.2 Å². The van der Waals surface area contributed by atoms with Crippen molar-refractivity contribution in [1.82, 2.24) is 19.7 Å². The van der Waals surface area contributed by atoms with Crippen LogP contribution in [0.1, 0.15) is 19.4 Å². The van der Waals surface area contributed by atoms with Gasteiger partial charge in [0, 0.05) is 31.9 Å². The van der Waals surface area contributed by atoms with Crippen LogP contribution in [0, 0.1) is 6.92 Å². The number of hydrogen-bond donors (Lipinski definition) is 0. The standard InChI is InChI=1S/C19H25N5O2S/c1-13-4-6-16(7-5-13)23-8-9-24-18(23)20-21-19(24)27-12-17(25)22-10-14(2)26-15(3)11-22/h4-7,14-15H,8-12H2,1-3H3. The number of carbonyl (C=O) groups excluding carboxylic acids is 1. The van der Waals surface area contributed by atoms with Crippen LogP contribution >= 0.6 is 11.8 Å². The maximum absolute atomic E-state index is 12.6. The molecule has 2 aromatic rings. The van der Waals surface area contributed by atoms with Gasteiger partial charge in [0.1, 0.15) is 0 Å². The summed E-state index contributed by atoms with van der Waals surface area (Å²) < 4.78 is 7.81. The summed E-state index contributed by atoms with van der Waals surface area (Å²) in [4.78, 5) is 16.6. The van der Waals surface area contributed by atoms with Crippen molar-refractivity contribution < 1.29 is 9.53 Å². The van der Waals surface area contributed by atoms with Gasteiger partial charge in [-0.1, -0.05) is 29.5 Å². The highest BCUT2D eigenvalue weighted by atomic mass is 32.2. The van der Waals surface area contributed by atoms with E-state index in [-0.39, 0.29) is 18.1 Å². The van der Waals surface area contributed by atoms with E-state index in [0.29, 0.717) is 18.8 Å². The number of nitrogens with zero attached hydrogens (tertiary/aromatic N) is 5. The molecule has 0 N–H and O–H groups in total. The van der Waals surface area contributed by atoms with Crippen molar-refractivity contribution in [2.24, 2.45) is 0 Å².